The monoisotopic (exact) mass is 310 g/mol. The van der Waals surface area contributed by atoms with Crippen molar-refractivity contribution < 1.29 is 13.5 Å². The van der Waals surface area contributed by atoms with Gasteiger partial charge in [0, 0.05) is 19.0 Å². The molecule has 2 fully saturated rings. The van der Waals surface area contributed by atoms with E-state index in [1.807, 2.05) is 13.8 Å². The summed E-state index contributed by atoms with van der Waals surface area (Å²) >= 11 is 0. The second-order valence-corrected chi connectivity index (χ2v) is 8.27. The molecule has 3 N–H and O–H groups in total. The fourth-order valence-corrected chi connectivity index (χ4v) is 5.28. The zero-order valence-electron chi connectivity index (χ0n) is 12.4. The van der Waals surface area contributed by atoms with Gasteiger partial charge in [0.2, 0.25) is 10.0 Å². The van der Waals surface area contributed by atoms with Gasteiger partial charge in [0.05, 0.1) is 11.8 Å². The van der Waals surface area contributed by atoms with Gasteiger partial charge in [-0.1, -0.05) is 0 Å². The predicted octanol–water partition coefficient (Wildman–Crippen LogP) is 1.28. The van der Waals surface area contributed by atoms with Gasteiger partial charge < -0.3 is 10.8 Å². The average Bonchev–Trinajstić information content (AvgIpc) is 2.97. The van der Waals surface area contributed by atoms with E-state index in [-0.39, 0.29) is 22.8 Å². The molecule has 21 heavy (non-hydrogen) atoms. The number of aryl methyl sites for hydroxylation is 2. The highest BCUT2D eigenvalue weighted by atomic mass is 32.2. The molecule has 1 heterocycles. The maximum absolute atomic E-state index is 12.8. The van der Waals surface area contributed by atoms with Crippen LogP contribution in [0.2, 0.25) is 0 Å². The van der Waals surface area contributed by atoms with Gasteiger partial charge in [0.15, 0.2) is 0 Å². The molecule has 0 aromatic heterocycles. The van der Waals surface area contributed by atoms with Gasteiger partial charge in [0.1, 0.15) is 4.90 Å². The molecule has 1 aliphatic heterocycles. The predicted molar refractivity (Wildman–Crippen MR) is 81.3 cm³/mol. The van der Waals surface area contributed by atoms with E-state index in [1.54, 1.807) is 12.1 Å². The summed E-state index contributed by atoms with van der Waals surface area (Å²) in [4.78, 5) is 0.195. The Morgan fingerprint density at radius 2 is 1.86 bits per heavy atom. The van der Waals surface area contributed by atoms with Crippen LogP contribution in [-0.2, 0) is 10.0 Å². The molecular formula is C15H22N2O3S. The number of benzene rings is 1. The van der Waals surface area contributed by atoms with Gasteiger partial charge in [-0.05, 0) is 55.9 Å². The molecule has 1 saturated heterocycles. The van der Waals surface area contributed by atoms with Gasteiger partial charge in [-0.2, -0.15) is 4.31 Å². The molecule has 0 bridgehead atoms. The molecule has 1 aromatic carbocycles. The van der Waals surface area contributed by atoms with Crippen LogP contribution >= 0.6 is 0 Å². The number of anilines is 1. The normalized spacial score (nSPS) is 29.8. The Hall–Kier alpha value is -1.11. The van der Waals surface area contributed by atoms with Gasteiger partial charge in [-0.3, -0.25) is 0 Å². The van der Waals surface area contributed by atoms with Crippen LogP contribution in [0, 0.1) is 25.7 Å². The fraction of sp³-hybridized carbons (Fsp3) is 0.600. The molecule has 0 spiro atoms. The topological polar surface area (TPSA) is 83.6 Å². The quantitative estimate of drug-likeness (QED) is 0.806. The number of nitrogens with two attached hydrogens (primary N) is 1. The van der Waals surface area contributed by atoms with Crippen molar-refractivity contribution in [1.29, 1.82) is 0 Å². The lowest BCUT2D eigenvalue weighted by Crippen LogP contribution is -2.31. The summed E-state index contributed by atoms with van der Waals surface area (Å²) in [5.41, 5.74) is 8.14. The van der Waals surface area contributed by atoms with Crippen LogP contribution in [0.25, 0.3) is 0 Å². The van der Waals surface area contributed by atoms with Crippen LogP contribution in [0.5, 0.6) is 0 Å². The Balaban J connectivity index is 1.94. The number of fused-ring (bicyclic) bond motifs is 1. The number of hydrogen-bond acceptors (Lipinski definition) is 4. The van der Waals surface area contributed by atoms with Crippen LogP contribution in [0.1, 0.15) is 24.0 Å². The first-order valence-corrected chi connectivity index (χ1v) is 8.79. The summed E-state index contributed by atoms with van der Waals surface area (Å²) in [6.07, 6.45) is 1.32. The van der Waals surface area contributed by atoms with E-state index in [9.17, 15) is 13.5 Å². The van der Waals surface area contributed by atoms with Crippen LogP contribution in [-0.4, -0.2) is 37.0 Å². The summed E-state index contributed by atoms with van der Waals surface area (Å²) in [6.45, 7) is 4.70. The smallest absolute Gasteiger partial charge is 0.245 e. The Labute approximate surface area is 125 Å². The lowest BCUT2D eigenvalue weighted by Gasteiger charge is -2.20. The molecule has 1 aliphatic carbocycles. The largest absolute Gasteiger partial charge is 0.398 e. The average molecular weight is 310 g/mol. The number of aliphatic hydroxyl groups is 1. The Morgan fingerprint density at radius 3 is 2.52 bits per heavy atom. The molecule has 0 amide bonds. The van der Waals surface area contributed by atoms with Crippen molar-refractivity contribution in [3.05, 3.63) is 23.3 Å². The van der Waals surface area contributed by atoms with E-state index in [2.05, 4.69) is 0 Å². The third kappa shape index (κ3) is 2.35. The van der Waals surface area contributed by atoms with Crippen molar-refractivity contribution >= 4 is 15.7 Å². The minimum absolute atomic E-state index is 0.0764. The van der Waals surface area contributed by atoms with Gasteiger partial charge in [0.25, 0.3) is 0 Å². The number of sulfonamides is 1. The minimum atomic E-state index is -3.58. The number of nitrogens with zero attached hydrogens (tertiary/aromatic N) is 1. The van der Waals surface area contributed by atoms with E-state index in [0.29, 0.717) is 18.8 Å². The number of rotatable bonds is 2. The van der Waals surface area contributed by atoms with Crippen LogP contribution in [0.3, 0.4) is 0 Å². The highest BCUT2D eigenvalue weighted by molar-refractivity contribution is 7.89. The molecule has 6 heteroatoms. The molecular weight excluding hydrogens is 288 g/mol. The molecule has 116 valence electrons. The van der Waals surface area contributed by atoms with Crippen molar-refractivity contribution in [1.82, 2.24) is 4.31 Å². The van der Waals surface area contributed by atoms with Crippen molar-refractivity contribution in [2.45, 2.75) is 37.7 Å². The SMILES string of the molecule is Cc1cc(N)c(S(=O)(=O)N2CC3CCC(O)C3C2)cc1C. The van der Waals surface area contributed by atoms with Crippen molar-refractivity contribution in [2.75, 3.05) is 18.8 Å². The number of aliphatic hydroxyl groups excluding tert-OH is 1. The molecule has 3 rings (SSSR count). The van der Waals surface area contributed by atoms with E-state index in [4.69, 9.17) is 5.73 Å². The Kier molecular flexibility index (Phi) is 3.50. The van der Waals surface area contributed by atoms with Crippen molar-refractivity contribution in [3.8, 4) is 0 Å². The molecule has 2 aliphatic rings. The first-order chi connectivity index (χ1) is 9.80. The third-order valence-corrected chi connectivity index (χ3v) is 6.92. The lowest BCUT2D eigenvalue weighted by molar-refractivity contribution is 0.129. The molecule has 5 nitrogen and oxygen atoms in total. The van der Waals surface area contributed by atoms with Crippen LogP contribution < -0.4 is 5.73 Å². The zero-order chi connectivity index (χ0) is 15.4. The summed E-state index contributed by atoms with van der Waals surface area (Å²) in [6, 6.07) is 3.37. The first-order valence-electron chi connectivity index (χ1n) is 7.35. The summed E-state index contributed by atoms with van der Waals surface area (Å²) in [5, 5.41) is 9.94. The van der Waals surface area contributed by atoms with Crippen LogP contribution in [0.15, 0.2) is 17.0 Å². The van der Waals surface area contributed by atoms with Gasteiger partial charge >= 0.3 is 0 Å². The van der Waals surface area contributed by atoms with Gasteiger partial charge in [-0.15, -0.1) is 0 Å². The molecule has 1 aromatic rings. The van der Waals surface area contributed by atoms with Gasteiger partial charge in [-0.25, -0.2) is 8.42 Å². The van der Waals surface area contributed by atoms with E-state index < -0.39 is 10.0 Å². The second-order valence-electron chi connectivity index (χ2n) is 6.36. The number of nitrogen functional groups attached to an aromatic ring is 1. The standard InChI is InChI=1S/C15H22N2O3S/c1-9-5-13(16)15(6-10(9)2)21(19,20)17-7-11-3-4-14(18)12(11)8-17/h5-6,11-12,14,18H,3-4,7-8,16H2,1-2H3. The Morgan fingerprint density at radius 1 is 1.19 bits per heavy atom. The molecule has 1 saturated carbocycles. The van der Waals surface area contributed by atoms with E-state index >= 15 is 0 Å². The molecule has 0 radical (unpaired) electrons. The maximum atomic E-state index is 12.8. The maximum Gasteiger partial charge on any atom is 0.245 e. The summed E-state index contributed by atoms with van der Waals surface area (Å²) in [7, 11) is -3.58. The zero-order valence-corrected chi connectivity index (χ0v) is 13.2. The minimum Gasteiger partial charge on any atom is -0.398 e. The van der Waals surface area contributed by atoms with E-state index in [0.717, 1.165) is 24.0 Å². The highest BCUT2D eigenvalue weighted by Gasteiger charge is 2.46. The second kappa shape index (κ2) is 4.97. The molecule has 3 atom stereocenters. The van der Waals surface area contributed by atoms with E-state index in [1.165, 1.54) is 4.31 Å². The number of hydrogen-bond donors (Lipinski definition) is 2. The highest BCUT2D eigenvalue weighted by Crippen LogP contribution is 2.40. The summed E-state index contributed by atoms with van der Waals surface area (Å²) in [5.74, 6) is 0.357. The third-order valence-electron chi connectivity index (χ3n) is 5.03. The van der Waals surface area contributed by atoms with Crippen molar-refractivity contribution in [3.63, 3.8) is 0 Å². The summed E-state index contributed by atoms with van der Waals surface area (Å²) < 4.78 is 27.1. The molecule has 3 unspecified atom stereocenters. The van der Waals surface area contributed by atoms with Crippen LogP contribution in [0.4, 0.5) is 5.69 Å². The fourth-order valence-electron chi connectivity index (χ4n) is 3.57. The lowest BCUT2D eigenvalue weighted by atomic mass is 10.00. The van der Waals surface area contributed by atoms with Crippen molar-refractivity contribution in [2.24, 2.45) is 11.8 Å². The Bertz CT molecular complexity index is 672. The first kappa shape index (κ1) is 14.8.